The SMILES string of the molecule is Cc1nc(C2(NC(C)C)CSC(C)C2)sc1C. The molecule has 0 amide bonds. The van der Waals surface area contributed by atoms with Crippen LogP contribution in [0.2, 0.25) is 0 Å². The summed E-state index contributed by atoms with van der Waals surface area (Å²) in [7, 11) is 0. The Bertz CT molecular complexity index is 381. The van der Waals surface area contributed by atoms with Gasteiger partial charge >= 0.3 is 0 Å². The summed E-state index contributed by atoms with van der Waals surface area (Å²) in [6.07, 6.45) is 1.20. The molecular formula is C13H22N2S2. The minimum atomic E-state index is 0.113. The number of hydrogen-bond donors (Lipinski definition) is 1. The van der Waals surface area contributed by atoms with Crippen LogP contribution < -0.4 is 5.32 Å². The number of nitrogens with zero attached hydrogens (tertiary/aromatic N) is 1. The molecule has 1 saturated heterocycles. The third-order valence-electron chi connectivity index (χ3n) is 3.25. The standard InChI is InChI=1S/C13H22N2S2/c1-8(2)15-13(6-9(3)16-7-13)12-14-10(4)11(5)17-12/h8-9,15H,6-7H2,1-5H3. The molecule has 17 heavy (non-hydrogen) atoms. The van der Waals surface area contributed by atoms with Crippen LogP contribution in [0.25, 0.3) is 0 Å². The monoisotopic (exact) mass is 270 g/mol. The Labute approximate surface area is 113 Å². The van der Waals surface area contributed by atoms with E-state index in [4.69, 9.17) is 4.98 Å². The summed E-state index contributed by atoms with van der Waals surface area (Å²) in [4.78, 5) is 6.15. The van der Waals surface area contributed by atoms with E-state index in [1.807, 2.05) is 11.3 Å². The van der Waals surface area contributed by atoms with Crippen molar-refractivity contribution in [2.75, 3.05) is 5.75 Å². The topological polar surface area (TPSA) is 24.9 Å². The van der Waals surface area contributed by atoms with Gasteiger partial charge in [-0.05, 0) is 34.1 Å². The van der Waals surface area contributed by atoms with Crippen molar-refractivity contribution in [3.05, 3.63) is 15.6 Å². The Morgan fingerprint density at radius 1 is 1.41 bits per heavy atom. The molecule has 0 bridgehead atoms. The molecule has 0 saturated carbocycles. The normalized spacial score (nSPS) is 29.2. The second kappa shape index (κ2) is 4.90. The summed E-state index contributed by atoms with van der Waals surface area (Å²) in [6, 6.07) is 0.505. The van der Waals surface area contributed by atoms with Crippen LogP contribution in [-0.2, 0) is 5.54 Å². The highest BCUT2D eigenvalue weighted by atomic mass is 32.2. The number of thiazole rings is 1. The van der Waals surface area contributed by atoms with Crippen LogP contribution in [0.1, 0.15) is 42.8 Å². The van der Waals surface area contributed by atoms with E-state index in [1.54, 1.807) is 0 Å². The van der Waals surface area contributed by atoms with Crippen LogP contribution >= 0.6 is 23.1 Å². The average Bonchev–Trinajstić information content (AvgIpc) is 2.73. The molecule has 1 fully saturated rings. The Hall–Kier alpha value is -0.0600. The second-order valence-corrected chi connectivity index (χ2v) is 8.00. The van der Waals surface area contributed by atoms with Crippen molar-refractivity contribution < 1.29 is 0 Å². The van der Waals surface area contributed by atoms with Crippen molar-refractivity contribution >= 4 is 23.1 Å². The molecule has 4 heteroatoms. The minimum Gasteiger partial charge on any atom is -0.302 e. The third-order valence-corrected chi connectivity index (χ3v) is 5.93. The zero-order valence-corrected chi connectivity index (χ0v) is 13.0. The number of hydrogen-bond acceptors (Lipinski definition) is 4. The van der Waals surface area contributed by atoms with Gasteiger partial charge in [0.05, 0.1) is 11.2 Å². The van der Waals surface area contributed by atoms with E-state index in [0.29, 0.717) is 6.04 Å². The van der Waals surface area contributed by atoms with Crippen molar-refractivity contribution in [1.82, 2.24) is 10.3 Å². The van der Waals surface area contributed by atoms with Gasteiger partial charge in [-0.2, -0.15) is 11.8 Å². The Morgan fingerprint density at radius 3 is 2.53 bits per heavy atom. The highest BCUT2D eigenvalue weighted by molar-refractivity contribution is 8.00. The first kappa shape index (κ1) is 13.4. The molecule has 0 aliphatic carbocycles. The molecule has 0 radical (unpaired) electrons. The van der Waals surface area contributed by atoms with E-state index in [1.165, 1.54) is 22.0 Å². The Morgan fingerprint density at radius 2 is 2.12 bits per heavy atom. The second-order valence-electron chi connectivity index (χ2n) is 5.37. The fraction of sp³-hybridized carbons (Fsp3) is 0.769. The summed E-state index contributed by atoms with van der Waals surface area (Å²) < 4.78 is 0. The van der Waals surface area contributed by atoms with Crippen molar-refractivity contribution in [3.8, 4) is 0 Å². The fourth-order valence-electron chi connectivity index (χ4n) is 2.43. The molecule has 2 nitrogen and oxygen atoms in total. The maximum atomic E-state index is 4.79. The van der Waals surface area contributed by atoms with Gasteiger partial charge in [-0.15, -0.1) is 11.3 Å². The van der Waals surface area contributed by atoms with Gasteiger partial charge in [0, 0.05) is 21.9 Å². The first-order valence-corrected chi connectivity index (χ1v) is 8.13. The molecule has 0 aromatic carbocycles. The molecule has 1 aromatic rings. The molecule has 96 valence electrons. The van der Waals surface area contributed by atoms with Crippen LogP contribution in [0.15, 0.2) is 0 Å². The number of aromatic nitrogens is 1. The third kappa shape index (κ3) is 2.69. The molecule has 1 aliphatic rings. The molecule has 1 aliphatic heterocycles. The molecule has 1 N–H and O–H groups in total. The van der Waals surface area contributed by atoms with E-state index >= 15 is 0 Å². The Balaban J connectivity index is 2.33. The summed E-state index contributed by atoms with van der Waals surface area (Å²) in [5, 5.41) is 5.79. The molecule has 2 rings (SSSR count). The molecule has 2 atom stereocenters. The number of aryl methyl sites for hydroxylation is 2. The lowest BCUT2D eigenvalue weighted by Crippen LogP contribution is -2.46. The molecular weight excluding hydrogens is 248 g/mol. The smallest absolute Gasteiger partial charge is 0.114 e. The predicted octanol–water partition coefficient (Wildman–Crippen LogP) is 3.48. The van der Waals surface area contributed by atoms with E-state index < -0.39 is 0 Å². The van der Waals surface area contributed by atoms with E-state index in [9.17, 15) is 0 Å². The quantitative estimate of drug-likeness (QED) is 0.910. The Kier molecular flexibility index (Phi) is 3.86. The van der Waals surface area contributed by atoms with Gasteiger partial charge in [0.1, 0.15) is 5.01 Å². The maximum absolute atomic E-state index is 4.79. The summed E-state index contributed by atoms with van der Waals surface area (Å²) in [6.45, 7) is 11.1. The lowest BCUT2D eigenvalue weighted by molar-refractivity contribution is 0.330. The maximum Gasteiger partial charge on any atom is 0.114 e. The molecule has 1 aromatic heterocycles. The van der Waals surface area contributed by atoms with E-state index in [0.717, 1.165) is 11.0 Å². The number of rotatable bonds is 3. The van der Waals surface area contributed by atoms with Gasteiger partial charge in [0.15, 0.2) is 0 Å². The zero-order valence-electron chi connectivity index (χ0n) is 11.3. The molecule has 2 heterocycles. The van der Waals surface area contributed by atoms with Gasteiger partial charge < -0.3 is 5.32 Å². The van der Waals surface area contributed by atoms with Gasteiger partial charge in [-0.25, -0.2) is 4.98 Å². The lowest BCUT2D eigenvalue weighted by Gasteiger charge is -2.30. The highest BCUT2D eigenvalue weighted by Crippen LogP contribution is 2.43. The summed E-state index contributed by atoms with van der Waals surface area (Å²) in [5.41, 5.74) is 1.31. The summed E-state index contributed by atoms with van der Waals surface area (Å²) in [5.74, 6) is 1.15. The number of thioether (sulfide) groups is 1. The van der Waals surface area contributed by atoms with Gasteiger partial charge in [0.25, 0.3) is 0 Å². The van der Waals surface area contributed by atoms with Gasteiger partial charge in [-0.3, -0.25) is 0 Å². The number of nitrogens with one attached hydrogen (secondary N) is 1. The molecule has 0 spiro atoms. The predicted molar refractivity (Wildman–Crippen MR) is 78.1 cm³/mol. The van der Waals surface area contributed by atoms with Crippen molar-refractivity contribution in [3.63, 3.8) is 0 Å². The average molecular weight is 270 g/mol. The fourth-order valence-corrected chi connectivity index (χ4v) is 4.91. The van der Waals surface area contributed by atoms with Crippen molar-refractivity contribution in [2.24, 2.45) is 0 Å². The van der Waals surface area contributed by atoms with Crippen LogP contribution in [0.5, 0.6) is 0 Å². The first-order chi connectivity index (χ1) is 7.93. The van der Waals surface area contributed by atoms with Crippen LogP contribution in [-0.4, -0.2) is 22.0 Å². The van der Waals surface area contributed by atoms with Crippen LogP contribution in [0.3, 0.4) is 0 Å². The van der Waals surface area contributed by atoms with E-state index in [2.05, 4.69) is 51.7 Å². The van der Waals surface area contributed by atoms with Gasteiger partial charge in [-0.1, -0.05) is 6.92 Å². The van der Waals surface area contributed by atoms with Crippen molar-refractivity contribution in [2.45, 2.75) is 57.9 Å². The van der Waals surface area contributed by atoms with Crippen molar-refractivity contribution in [1.29, 1.82) is 0 Å². The summed E-state index contributed by atoms with van der Waals surface area (Å²) >= 11 is 3.93. The van der Waals surface area contributed by atoms with Crippen LogP contribution in [0, 0.1) is 13.8 Å². The van der Waals surface area contributed by atoms with Crippen LogP contribution in [0.4, 0.5) is 0 Å². The highest BCUT2D eigenvalue weighted by Gasteiger charge is 2.42. The molecule has 2 unspecified atom stereocenters. The van der Waals surface area contributed by atoms with Gasteiger partial charge in [0.2, 0.25) is 0 Å². The zero-order chi connectivity index (χ0) is 12.6. The van der Waals surface area contributed by atoms with E-state index in [-0.39, 0.29) is 5.54 Å². The minimum absolute atomic E-state index is 0.113. The largest absolute Gasteiger partial charge is 0.302 e. The lowest BCUT2D eigenvalue weighted by atomic mass is 9.96. The first-order valence-electron chi connectivity index (χ1n) is 6.27.